The molecule has 0 saturated carbocycles. The Morgan fingerprint density at radius 2 is 2.03 bits per heavy atom. The van der Waals surface area contributed by atoms with Crippen molar-refractivity contribution < 1.29 is 23.7 Å². The number of allylic oxidation sites excluding steroid dienone is 1. The van der Waals surface area contributed by atoms with E-state index in [0.717, 1.165) is 16.9 Å². The minimum Gasteiger partial charge on any atom is -0.493 e. The van der Waals surface area contributed by atoms with Crippen molar-refractivity contribution in [2.45, 2.75) is 13.1 Å². The number of ketones is 1. The molecule has 1 aromatic heterocycles. The van der Waals surface area contributed by atoms with Crippen LogP contribution in [-0.2, 0) is 13.1 Å². The molecule has 2 aliphatic heterocycles. The van der Waals surface area contributed by atoms with Gasteiger partial charge in [-0.25, -0.2) is 0 Å². The number of pyridine rings is 1. The molecule has 3 heterocycles. The molecule has 32 heavy (non-hydrogen) atoms. The van der Waals surface area contributed by atoms with E-state index in [-0.39, 0.29) is 11.5 Å². The molecule has 2 aliphatic rings. The third-order valence-electron chi connectivity index (χ3n) is 5.53. The second kappa shape index (κ2) is 8.36. The number of fused-ring (bicyclic) bond motifs is 3. The SMILES string of the molecule is COc1cccc(C=C2Oc3c(ccc4c3CN(Cc3cccnc3)CO4)C2=O)c1OC. The molecule has 0 N–H and O–H groups in total. The molecule has 0 atom stereocenters. The first-order valence-corrected chi connectivity index (χ1v) is 10.2. The summed E-state index contributed by atoms with van der Waals surface area (Å²) in [5.74, 6) is 2.49. The predicted octanol–water partition coefficient (Wildman–Crippen LogP) is 4.07. The summed E-state index contributed by atoms with van der Waals surface area (Å²) < 4.78 is 22.9. The van der Waals surface area contributed by atoms with Gasteiger partial charge in [-0.15, -0.1) is 0 Å². The largest absolute Gasteiger partial charge is 0.493 e. The van der Waals surface area contributed by atoms with Crippen LogP contribution in [0.2, 0.25) is 0 Å². The van der Waals surface area contributed by atoms with E-state index in [0.29, 0.717) is 48.2 Å². The summed E-state index contributed by atoms with van der Waals surface area (Å²) in [4.78, 5) is 19.4. The maximum Gasteiger partial charge on any atom is 0.231 e. The van der Waals surface area contributed by atoms with E-state index in [1.807, 2.05) is 36.5 Å². The summed E-state index contributed by atoms with van der Waals surface area (Å²) >= 11 is 0. The molecular formula is C25H22N2O5. The highest BCUT2D eigenvalue weighted by atomic mass is 16.5. The van der Waals surface area contributed by atoms with Gasteiger partial charge in [0.25, 0.3) is 0 Å². The van der Waals surface area contributed by atoms with Crippen molar-refractivity contribution in [1.82, 2.24) is 9.88 Å². The van der Waals surface area contributed by atoms with Gasteiger partial charge in [0.15, 0.2) is 17.3 Å². The Morgan fingerprint density at radius 1 is 1.12 bits per heavy atom. The zero-order valence-corrected chi connectivity index (χ0v) is 17.8. The van der Waals surface area contributed by atoms with E-state index < -0.39 is 0 Å². The first-order chi connectivity index (χ1) is 15.7. The molecule has 7 nitrogen and oxygen atoms in total. The summed E-state index contributed by atoms with van der Waals surface area (Å²) in [5, 5.41) is 0. The topological polar surface area (TPSA) is 70.1 Å². The van der Waals surface area contributed by atoms with Crippen LogP contribution in [0.1, 0.15) is 27.0 Å². The number of para-hydroxylation sites is 1. The molecule has 3 aromatic rings. The van der Waals surface area contributed by atoms with Crippen molar-refractivity contribution in [3.63, 3.8) is 0 Å². The van der Waals surface area contributed by atoms with Crippen molar-refractivity contribution in [2.24, 2.45) is 0 Å². The van der Waals surface area contributed by atoms with Crippen LogP contribution in [0.3, 0.4) is 0 Å². The van der Waals surface area contributed by atoms with Crippen LogP contribution < -0.4 is 18.9 Å². The van der Waals surface area contributed by atoms with E-state index in [4.69, 9.17) is 18.9 Å². The molecule has 0 aliphatic carbocycles. The number of Topliss-reactive ketones (excluding diaryl/α,β-unsaturated/α-hetero) is 1. The second-order valence-electron chi connectivity index (χ2n) is 7.56. The molecule has 0 radical (unpaired) electrons. The summed E-state index contributed by atoms with van der Waals surface area (Å²) in [5.41, 5.74) is 3.19. The Morgan fingerprint density at radius 3 is 2.81 bits per heavy atom. The Kier molecular flexibility index (Phi) is 5.25. The number of carbonyl (C=O) groups excluding carboxylic acids is 1. The maximum atomic E-state index is 13.1. The standard InChI is InChI=1S/C25H22N2O5/c1-29-21-7-3-6-17(24(21)30-2)11-22-23(28)18-8-9-20-19(25(18)32-22)14-27(15-31-20)13-16-5-4-10-26-12-16/h3-12H,13-15H2,1-2H3. The zero-order chi connectivity index (χ0) is 22.1. The highest BCUT2D eigenvalue weighted by Gasteiger charge is 2.34. The van der Waals surface area contributed by atoms with Gasteiger partial charge in [-0.05, 0) is 35.9 Å². The Balaban J connectivity index is 1.45. The van der Waals surface area contributed by atoms with Gasteiger partial charge < -0.3 is 18.9 Å². The fourth-order valence-electron chi connectivity index (χ4n) is 4.02. The lowest BCUT2D eigenvalue weighted by molar-refractivity contribution is 0.0872. The van der Waals surface area contributed by atoms with Gasteiger partial charge in [0.1, 0.15) is 18.2 Å². The van der Waals surface area contributed by atoms with Gasteiger partial charge in [-0.3, -0.25) is 14.7 Å². The second-order valence-corrected chi connectivity index (χ2v) is 7.56. The zero-order valence-electron chi connectivity index (χ0n) is 17.8. The molecule has 5 rings (SSSR count). The lowest BCUT2D eigenvalue weighted by atomic mass is 10.0. The third-order valence-corrected chi connectivity index (χ3v) is 5.53. The van der Waals surface area contributed by atoms with Gasteiger partial charge in [0.05, 0.1) is 25.3 Å². The number of methoxy groups -OCH3 is 2. The molecule has 0 fully saturated rings. The Bertz CT molecular complexity index is 1210. The van der Waals surface area contributed by atoms with E-state index in [2.05, 4.69) is 9.88 Å². The molecule has 0 saturated heterocycles. The minimum absolute atomic E-state index is 0.169. The van der Waals surface area contributed by atoms with E-state index in [9.17, 15) is 4.79 Å². The van der Waals surface area contributed by atoms with Crippen molar-refractivity contribution in [3.05, 3.63) is 82.9 Å². The highest BCUT2D eigenvalue weighted by molar-refractivity contribution is 6.15. The Hall–Kier alpha value is -3.84. The number of hydrogen-bond donors (Lipinski definition) is 0. The van der Waals surface area contributed by atoms with Crippen LogP contribution >= 0.6 is 0 Å². The molecule has 7 heteroatoms. The van der Waals surface area contributed by atoms with E-state index in [1.165, 1.54) is 0 Å². The quantitative estimate of drug-likeness (QED) is 0.565. The molecule has 0 spiro atoms. The van der Waals surface area contributed by atoms with Gasteiger partial charge in [-0.2, -0.15) is 0 Å². The fourth-order valence-corrected chi connectivity index (χ4v) is 4.02. The van der Waals surface area contributed by atoms with Crippen molar-refractivity contribution in [3.8, 4) is 23.0 Å². The van der Waals surface area contributed by atoms with Crippen LogP contribution in [0.25, 0.3) is 6.08 Å². The molecule has 0 amide bonds. The average Bonchev–Trinajstić information content (AvgIpc) is 3.15. The lowest BCUT2D eigenvalue weighted by Crippen LogP contribution is -2.31. The van der Waals surface area contributed by atoms with Crippen LogP contribution in [-0.4, -0.2) is 36.6 Å². The van der Waals surface area contributed by atoms with Crippen LogP contribution in [0.4, 0.5) is 0 Å². The first-order valence-electron chi connectivity index (χ1n) is 10.2. The fraction of sp³-hybridized carbons (Fsp3) is 0.200. The van der Waals surface area contributed by atoms with Crippen LogP contribution in [0, 0.1) is 0 Å². The van der Waals surface area contributed by atoms with Crippen molar-refractivity contribution >= 4 is 11.9 Å². The Labute approximate surface area is 185 Å². The maximum absolute atomic E-state index is 13.1. The minimum atomic E-state index is -0.169. The third kappa shape index (κ3) is 3.56. The molecule has 0 unspecified atom stereocenters. The van der Waals surface area contributed by atoms with Crippen molar-refractivity contribution in [1.29, 1.82) is 0 Å². The normalized spacial score (nSPS) is 16.2. The van der Waals surface area contributed by atoms with Crippen LogP contribution in [0.15, 0.2) is 60.6 Å². The van der Waals surface area contributed by atoms with Gasteiger partial charge in [-0.1, -0.05) is 18.2 Å². The number of benzene rings is 2. The number of ether oxygens (including phenoxy) is 4. The summed E-state index contributed by atoms with van der Waals surface area (Å²) in [6, 6.07) is 13.0. The van der Waals surface area contributed by atoms with E-state index >= 15 is 0 Å². The monoisotopic (exact) mass is 430 g/mol. The molecular weight excluding hydrogens is 408 g/mol. The highest BCUT2D eigenvalue weighted by Crippen LogP contribution is 2.43. The molecule has 0 bridgehead atoms. The number of hydrogen-bond acceptors (Lipinski definition) is 7. The van der Waals surface area contributed by atoms with Crippen LogP contribution in [0.5, 0.6) is 23.0 Å². The number of carbonyl (C=O) groups is 1. The van der Waals surface area contributed by atoms with Gasteiger partial charge in [0.2, 0.25) is 5.78 Å². The number of nitrogens with zero attached hydrogens (tertiary/aromatic N) is 2. The van der Waals surface area contributed by atoms with Crippen molar-refractivity contribution in [2.75, 3.05) is 21.0 Å². The average molecular weight is 430 g/mol. The molecule has 162 valence electrons. The lowest BCUT2D eigenvalue weighted by Gasteiger charge is -2.29. The predicted molar refractivity (Wildman–Crippen MR) is 118 cm³/mol. The van der Waals surface area contributed by atoms with Gasteiger partial charge >= 0.3 is 0 Å². The summed E-state index contributed by atoms with van der Waals surface area (Å²) in [6.45, 7) is 1.75. The molecule has 2 aromatic carbocycles. The number of aromatic nitrogens is 1. The first kappa shape index (κ1) is 20.1. The summed E-state index contributed by atoms with van der Waals surface area (Å²) in [7, 11) is 3.14. The summed E-state index contributed by atoms with van der Waals surface area (Å²) in [6.07, 6.45) is 5.28. The van der Waals surface area contributed by atoms with E-state index in [1.54, 1.807) is 38.6 Å². The number of rotatable bonds is 5. The van der Waals surface area contributed by atoms with Gasteiger partial charge in [0, 0.05) is 31.0 Å². The smallest absolute Gasteiger partial charge is 0.231 e.